The summed E-state index contributed by atoms with van der Waals surface area (Å²) in [5, 5.41) is 8.63. The summed E-state index contributed by atoms with van der Waals surface area (Å²) in [4.78, 5) is 12.1. The van der Waals surface area contributed by atoms with Crippen LogP contribution < -0.4 is 10.6 Å². The van der Waals surface area contributed by atoms with E-state index in [9.17, 15) is 31.1 Å². The Morgan fingerprint density at radius 3 is 2.36 bits per heavy atom. The van der Waals surface area contributed by atoms with Gasteiger partial charge in [-0.3, -0.25) is 4.79 Å². The average molecular weight is 431 g/mol. The molecule has 1 atom stereocenters. The molecule has 0 spiro atoms. The van der Waals surface area contributed by atoms with Crippen LogP contribution in [0.2, 0.25) is 0 Å². The summed E-state index contributed by atoms with van der Waals surface area (Å²) in [6, 6.07) is 3.08. The Balaban J connectivity index is 0.00000392. The number of benzene rings is 1. The standard InChI is InChI=1S/C16H16F6N4O.ClH/c1-9(23-2)7-24-14(27)12-8-25-26(13(12)16(20,21)22)11-5-3-4-10(6-11)15(17,18)19;/h3-6,8-9,23H,7H2,1-2H3,(H,24,27);1H. The summed E-state index contributed by atoms with van der Waals surface area (Å²) in [6.07, 6.45) is -9.06. The minimum Gasteiger partial charge on any atom is -0.350 e. The zero-order chi connectivity index (χ0) is 20.4. The molecule has 2 N–H and O–H groups in total. The van der Waals surface area contributed by atoms with Crippen LogP contribution in [0.5, 0.6) is 0 Å². The van der Waals surface area contributed by atoms with E-state index in [1.807, 2.05) is 0 Å². The Hall–Kier alpha value is -2.27. The van der Waals surface area contributed by atoms with Crippen molar-refractivity contribution in [2.75, 3.05) is 13.6 Å². The van der Waals surface area contributed by atoms with Gasteiger partial charge in [-0.05, 0) is 32.2 Å². The molecule has 5 nitrogen and oxygen atoms in total. The number of carbonyl (C=O) groups is 1. The third kappa shape index (κ3) is 5.38. The van der Waals surface area contributed by atoms with Crippen LogP contribution in [-0.4, -0.2) is 35.3 Å². The lowest BCUT2D eigenvalue weighted by atomic mass is 10.1. The third-order valence-electron chi connectivity index (χ3n) is 3.76. The average Bonchev–Trinajstić information content (AvgIpc) is 3.04. The maximum absolute atomic E-state index is 13.5. The molecule has 1 aromatic carbocycles. The van der Waals surface area contributed by atoms with Crippen molar-refractivity contribution in [3.05, 3.63) is 47.3 Å². The van der Waals surface area contributed by atoms with E-state index in [-0.39, 0.29) is 29.7 Å². The van der Waals surface area contributed by atoms with Crippen molar-refractivity contribution in [3.63, 3.8) is 0 Å². The van der Waals surface area contributed by atoms with Gasteiger partial charge in [0.1, 0.15) is 0 Å². The lowest BCUT2D eigenvalue weighted by molar-refractivity contribution is -0.143. The van der Waals surface area contributed by atoms with Crippen LogP contribution in [0.4, 0.5) is 26.3 Å². The summed E-state index contributed by atoms with van der Waals surface area (Å²) in [6.45, 7) is 1.76. The Morgan fingerprint density at radius 1 is 1.18 bits per heavy atom. The highest BCUT2D eigenvalue weighted by molar-refractivity contribution is 5.95. The molecule has 0 aliphatic heterocycles. The smallest absolute Gasteiger partial charge is 0.350 e. The van der Waals surface area contributed by atoms with E-state index in [2.05, 4.69) is 15.7 Å². The van der Waals surface area contributed by atoms with Crippen LogP contribution in [0.15, 0.2) is 30.5 Å². The number of likely N-dealkylation sites (N-methyl/N-ethyl adjacent to an activating group) is 1. The summed E-state index contributed by atoms with van der Waals surface area (Å²) in [5.41, 5.74) is -3.81. The number of amides is 1. The molecule has 156 valence electrons. The van der Waals surface area contributed by atoms with E-state index in [1.165, 1.54) is 0 Å². The summed E-state index contributed by atoms with van der Waals surface area (Å²) in [5.74, 6) is -1.03. The molecule has 1 unspecified atom stereocenters. The lowest BCUT2D eigenvalue weighted by Crippen LogP contribution is -2.37. The fourth-order valence-corrected chi connectivity index (χ4v) is 2.24. The maximum Gasteiger partial charge on any atom is 0.434 e. The Labute approximate surface area is 162 Å². The monoisotopic (exact) mass is 430 g/mol. The molecule has 0 aliphatic rings. The highest BCUT2D eigenvalue weighted by Gasteiger charge is 2.41. The van der Waals surface area contributed by atoms with Gasteiger partial charge in [-0.1, -0.05) is 6.07 Å². The van der Waals surface area contributed by atoms with Crippen LogP contribution in [0.3, 0.4) is 0 Å². The van der Waals surface area contributed by atoms with Crippen LogP contribution in [0.25, 0.3) is 5.69 Å². The number of nitrogens with one attached hydrogen (secondary N) is 2. The molecule has 0 saturated heterocycles. The lowest BCUT2D eigenvalue weighted by Gasteiger charge is -2.15. The molecule has 2 aromatic rings. The number of carbonyl (C=O) groups excluding carboxylic acids is 1. The molecule has 0 bridgehead atoms. The third-order valence-corrected chi connectivity index (χ3v) is 3.76. The maximum atomic E-state index is 13.5. The van der Waals surface area contributed by atoms with Crippen molar-refractivity contribution >= 4 is 18.3 Å². The first kappa shape index (κ1) is 23.8. The zero-order valence-corrected chi connectivity index (χ0v) is 15.5. The Morgan fingerprint density at radius 2 is 1.82 bits per heavy atom. The Bertz CT molecular complexity index is 818. The van der Waals surface area contributed by atoms with E-state index < -0.39 is 40.8 Å². The summed E-state index contributed by atoms with van der Waals surface area (Å²) in [7, 11) is 1.61. The molecule has 1 aromatic heterocycles. The number of halogens is 7. The molecule has 0 saturated carbocycles. The molecule has 28 heavy (non-hydrogen) atoms. The molecule has 1 amide bonds. The predicted molar refractivity (Wildman–Crippen MR) is 91.7 cm³/mol. The summed E-state index contributed by atoms with van der Waals surface area (Å²) < 4.78 is 79.3. The van der Waals surface area contributed by atoms with Crippen LogP contribution in [-0.2, 0) is 12.4 Å². The first-order chi connectivity index (χ1) is 12.4. The second kappa shape index (κ2) is 8.82. The molecule has 0 radical (unpaired) electrons. The zero-order valence-electron chi connectivity index (χ0n) is 14.6. The highest BCUT2D eigenvalue weighted by atomic mass is 35.5. The molecule has 0 aliphatic carbocycles. The van der Waals surface area contributed by atoms with Gasteiger partial charge in [0.25, 0.3) is 5.91 Å². The fourth-order valence-electron chi connectivity index (χ4n) is 2.24. The van der Waals surface area contributed by atoms with Gasteiger partial charge in [-0.25, -0.2) is 4.68 Å². The molecule has 1 heterocycles. The fraction of sp³-hybridized carbons (Fsp3) is 0.375. The SMILES string of the molecule is CNC(C)CNC(=O)c1cnn(-c2cccc(C(F)(F)F)c2)c1C(F)(F)F.Cl. The normalized spacial score (nSPS) is 13.0. The number of hydrogen-bond donors (Lipinski definition) is 2. The van der Waals surface area contributed by atoms with Crippen molar-refractivity contribution in [1.29, 1.82) is 0 Å². The van der Waals surface area contributed by atoms with Gasteiger partial charge < -0.3 is 10.6 Å². The largest absolute Gasteiger partial charge is 0.434 e. The molecule has 0 fully saturated rings. The first-order valence-corrected chi connectivity index (χ1v) is 7.73. The second-order valence-electron chi connectivity index (χ2n) is 5.76. The van der Waals surface area contributed by atoms with E-state index in [1.54, 1.807) is 14.0 Å². The number of alkyl halides is 6. The quantitative estimate of drug-likeness (QED) is 0.712. The van der Waals surface area contributed by atoms with Crippen LogP contribution >= 0.6 is 12.4 Å². The number of nitrogens with zero attached hydrogens (tertiary/aromatic N) is 2. The van der Waals surface area contributed by atoms with Gasteiger partial charge in [0.2, 0.25) is 0 Å². The van der Waals surface area contributed by atoms with Gasteiger partial charge in [0, 0.05) is 12.6 Å². The van der Waals surface area contributed by atoms with E-state index in [0.29, 0.717) is 12.3 Å². The van der Waals surface area contributed by atoms with Crippen molar-refractivity contribution in [2.24, 2.45) is 0 Å². The van der Waals surface area contributed by atoms with E-state index in [4.69, 9.17) is 0 Å². The van der Waals surface area contributed by atoms with Gasteiger partial charge in [0.15, 0.2) is 5.69 Å². The number of rotatable bonds is 5. The second-order valence-corrected chi connectivity index (χ2v) is 5.76. The Kier molecular flexibility index (Phi) is 7.49. The van der Waals surface area contributed by atoms with Crippen molar-refractivity contribution < 1.29 is 31.1 Å². The number of aromatic nitrogens is 2. The topological polar surface area (TPSA) is 58.9 Å². The first-order valence-electron chi connectivity index (χ1n) is 7.73. The predicted octanol–water partition coefficient (Wildman–Crippen LogP) is 3.67. The number of hydrogen-bond acceptors (Lipinski definition) is 3. The minimum atomic E-state index is -5.01. The van der Waals surface area contributed by atoms with Crippen molar-refractivity contribution in [1.82, 2.24) is 20.4 Å². The molecule has 2 rings (SSSR count). The molecular weight excluding hydrogens is 414 g/mol. The molecular formula is C16H17ClF6N4O. The van der Waals surface area contributed by atoms with Gasteiger partial charge in [-0.2, -0.15) is 31.4 Å². The van der Waals surface area contributed by atoms with Gasteiger partial charge >= 0.3 is 12.4 Å². The van der Waals surface area contributed by atoms with Crippen LogP contribution in [0.1, 0.15) is 28.5 Å². The van der Waals surface area contributed by atoms with Gasteiger partial charge in [0.05, 0.1) is 23.0 Å². The van der Waals surface area contributed by atoms with E-state index >= 15 is 0 Å². The van der Waals surface area contributed by atoms with E-state index in [0.717, 1.165) is 18.2 Å². The van der Waals surface area contributed by atoms with Crippen molar-refractivity contribution in [3.8, 4) is 5.69 Å². The van der Waals surface area contributed by atoms with Crippen molar-refractivity contribution in [2.45, 2.75) is 25.3 Å². The molecule has 12 heteroatoms. The summed E-state index contributed by atoms with van der Waals surface area (Å²) >= 11 is 0. The highest BCUT2D eigenvalue weighted by Crippen LogP contribution is 2.35. The minimum absolute atomic E-state index is 0. The van der Waals surface area contributed by atoms with Gasteiger partial charge in [-0.15, -0.1) is 12.4 Å². The van der Waals surface area contributed by atoms with Crippen LogP contribution in [0, 0.1) is 0 Å².